The van der Waals surface area contributed by atoms with Crippen molar-refractivity contribution in [2.45, 2.75) is 46.1 Å². The Labute approximate surface area is 160 Å². The van der Waals surface area contributed by atoms with E-state index in [1.807, 2.05) is 0 Å². The number of piperidine rings is 1. The van der Waals surface area contributed by atoms with Crippen molar-refractivity contribution < 1.29 is 9.47 Å². The molecular weight excluding hydrogens is 328 g/mol. The van der Waals surface area contributed by atoms with Crippen molar-refractivity contribution in [2.75, 3.05) is 66.2 Å². The fraction of sp³-hybridized carbons (Fsp3) is 0.950. The van der Waals surface area contributed by atoms with Gasteiger partial charge in [0.05, 0.1) is 26.4 Å². The molecule has 26 heavy (non-hydrogen) atoms. The first kappa shape index (κ1) is 21.5. The van der Waals surface area contributed by atoms with Crippen molar-refractivity contribution in [1.82, 2.24) is 15.1 Å². The molecular formula is C20H40N4O2. The van der Waals surface area contributed by atoms with Crippen molar-refractivity contribution in [3.8, 4) is 0 Å². The van der Waals surface area contributed by atoms with Crippen molar-refractivity contribution in [1.29, 1.82) is 0 Å². The van der Waals surface area contributed by atoms with E-state index in [4.69, 9.17) is 14.5 Å². The smallest absolute Gasteiger partial charge is 0.193 e. The van der Waals surface area contributed by atoms with Crippen LogP contribution < -0.4 is 5.32 Å². The van der Waals surface area contributed by atoms with E-state index in [1.165, 1.54) is 32.4 Å². The fourth-order valence-electron chi connectivity index (χ4n) is 3.78. The Morgan fingerprint density at radius 3 is 2.65 bits per heavy atom. The van der Waals surface area contributed by atoms with Gasteiger partial charge in [0.1, 0.15) is 0 Å². The van der Waals surface area contributed by atoms with Crippen molar-refractivity contribution in [3.63, 3.8) is 0 Å². The topological polar surface area (TPSA) is 49.3 Å². The van der Waals surface area contributed by atoms with Crippen molar-refractivity contribution in [2.24, 2.45) is 16.8 Å². The van der Waals surface area contributed by atoms with Gasteiger partial charge in [-0.25, -0.2) is 0 Å². The molecule has 0 spiro atoms. The number of guanidine groups is 1. The summed E-state index contributed by atoms with van der Waals surface area (Å²) in [5, 5.41) is 3.48. The Bertz CT molecular complexity index is 411. The predicted octanol–water partition coefficient (Wildman–Crippen LogP) is 2.06. The maximum Gasteiger partial charge on any atom is 0.193 e. The molecule has 2 unspecified atom stereocenters. The molecule has 2 rings (SSSR count). The van der Waals surface area contributed by atoms with Crippen LogP contribution in [0.3, 0.4) is 0 Å². The van der Waals surface area contributed by atoms with Crippen LogP contribution in [0.1, 0.15) is 40.0 Å². The van der Waals surface area contributed by atoms with Crippen molar-refractivity contribution >= 4 is 5.96 Å². The summed E-state index contributed by atoms with van der Waals surface area (Å²) in [4.78, 5) is 9.97. The number of nitrogens with zero attached hydrogens (tertiary/aromatic N) is 3. The Morgan fingerprint density at radius 1 is 1.19 bits per heavy atom. The molecule has 2 saturated heterocycles. The number of rotatable bonds is 9. The van der Waals surface area contributed by atoms with Crippen LogP contribution in [0.5, 0.6) is 0 Å². The Balaban J connectivity index is 1.78. The fourth-order valence-corrected chi connectivity index (χ4v) is 3.78. The van der Waals surface area contributed by atoms with E-state index in [-0.39, 0.29) is 0 Å². The summed E-state index contributed by atoms with van der Waals surface area (Å²) in [6.07, 6.45) is 3.83. The number of aliphatic imine (C=N–C) groups is 1. The van der Waals surface area contributed by atoms with Gasteiger partial charge in [0.2, 0.25) is 0 Å². The lowest BCUT2D eigenvalue weighted by molar-refractivity contribution is 0.0536. The van der Waals surface area contributed by atoms with E-state index in [0.29, 0.717) is 25.2 Å². The molecule has 2 heterocycles. The predicted molar refractivity (Wildman–Crippen MR) is 108 cm³/mol. The second kappa shape index (κ2) is 11.8. The standard InChI is InChI=1S/C20H40N4O2/c1-5-21-20(22-14-18(3)23-9-6-17(2)7-10-23)24-11-8-19(15-24)16-26-13-12-25-4/h17-19H,5-16H2,1-4H3,(H,21,22). The molecule has 0 bridgehead atoms. The minimum absolute atomic E-state index is 0.520. The van der Waals surface area contributed by atoms with Gasteiger partial charge in [-0.2, -0.15) is 0 Å². The molecule has 6 heteroatoms. The van der Waals surface area contributed by atoms with Gasteiger partial charge in [0.15, 0.2) is 5.96 Å². The summed E-state index contributed by atoms with van der Waals surface area (Å²) < 4.78 is 10.8. The van der Waals surface area contributed by atoms with E-state index in [0.717, 1.165) is 44.7 Å². The first-order valence-electron chi connectivity index (χ1n) is 10.5. The first-order valence-corrected chi connectivity index (χ1v) is 10.5. The molecule has 2 aliphatic heterocycles. The molecule has 0 aromatic carbocycles. The Kier molecular flexibility index (Phi) is 9.72. The second-order valence-corrected chi connectivity index (χ2v) is 7.93. The average Bonchev–Trinajstić information content (AvgIpc) is 3.11. The Hall–Kier alpha value is -0.850. The van der Waals surface area contributed by atoms with E-state index in [1.54, 1.807) is 7.11 Å². The van der Waals surface area contributed by atoms with Gasteiger partial charge in [0, 0.05) is 38.7 Å². The highest BCUT2D eigenvalue weighted by atomic mass is 16.5. The normalized spacial score (nSPS) is 24.2. The number of methoxy groups -OCH3 is 1. The molecule has 0 aromatic rings. The third-order valence-corrected chi connectivity index (χ3v) is 5.65. The van der Waals surface area contributed by atoms with E-state index >= 15 is 0 Å². The molecule has 0 amide bonds. The van der Waals surface area contributed by atoms with Crippen LogP contribution in [0.4, 0.5) is 0 Å². The largest absolute Gasteiger partial charge is 0.382 e. The van der Waals surface area contributed by atoms with Crippen LogP contribution >= 0.6 is 0 Å². The van der Waals surface area contributed by atoms with Gasteiger partial charge >= 0.3 is 0 Å². The van der Waals surface area contributed by atoms with E-state index in [2.05, 4.69) is 35.9 Å². The van der Waals surface area contributed by atoms with Gasteiger partial charge in [0.25, 0.3) is 0 Å². The summed E-state index contributed by atoms with van der Waals surface area (Å²) in [6, 6.07) is 0.520. The third kappa shape index (κ3) is 7.05. The molecule has 2 aliphatic rings. The lowest BCUT2D eigenvalue weighted by atomic mass is 9.98. The summed E-state index contributed by atoms with van der Waals surface area (Å²) in [5.41, 5.74) is 0. The summed E-state index contributed by atoms with van der Waals surface area (Å²) in [6.45, 7) is 15.4. The molecule has 2 atom stereocenters. The number of ether oxygens (including phenoxy) is 2. The van der Waals surface area contributed by atoms with Gasteiger partial charge in [-0.15, -0.1) is 0 Å². The molecule has 2 fully saturated rings. The van der Waals surface area contributed by atoms with Gasteiger partial charge in [-0.05, 0) is 52.1 Å². The lowest BCUT2D eigenvalue weighted by Gasteiger charge is -2.34. The van der Waals surface area contributed by atoms with Gasteiger partial charge in [-0.1, -0.05) is 6.92 Å². The molecule has 152 valence electrons. The van der Waals surface area contributed by atoms with Crippen LogP contribution in [0.2, 0.25) is 0 Å². The zero-order valence-corrected chi connectivity index (χ0v) is 17.4. The minimum Gasteiger partial charge on any atom is -0.382 e. The zero-order chi connectivity index (χ0) is 18.8. The SMILES string of the molecule is CCNC(=NCC(C)N1CCC(C)CC1)N1CCC(COCCOC)C1. The maximum absolute atomic E-state index is 5.71. The average molecular weight is 369 g/mol. The maximum atomic E-state index is 5.71. The zero-order valence-electron chi connectivity index (χ0n) is 17.4. The number of hydrogen-bond acceptors (Lipinski definition) is 4. The van der Waals surface area contributed by atoms with Gasteiger partial charge in [-0.3, -0.25) is 9.89 Å². The highest BCUT2D eigenvalue weighted by molar-refractivity contribution is 5.80. The number of hydrogen-bond donors (Lipinski definition) is 1. The first-order chi connectivity index (χ1) is 12.6. The molecule has 0 saturated carbocycles. The van der Waals surface area contributed by atoms with Crippen LogP contribution in [-0.4, -0.2) is 88.0 Å². The third-order valence-electron chi connectivity index (χ3n) is 5.65. The van der Waals surface area contributed by atoms with Crippen LogP contribution in [0.15, 0.2) is 4.99 Å². The molecule has 0 aromatic heterocycles. The quantitative estimate of drug-likeness (QED) is 0.383. The number of likely N-dealkylation sites (tertiary alicyclic amines) is 2. The minimum atomic E-state index is 0.520. The molecule has 1 N–H and O–H groups in total. The number of nitrogens with one attached hydrogen (secondary N) is 1. The van der Waals surface area contributed by atoms with E-state index < -0.39 is 0 Å². The molecule has 0 radical (unpaired) electrons. The highest BCUT2D eigenvalue weighted by Crippen LogP contribution is 2.19. The van der Waals surface area contributed by atoms with Crippen LogP contribution in [-0.2, 0) is 9.47 Å². The Morgan fingerprint density at radius 2 is 1.96 bits per heavy atom. The van der Waals surface area contributed by atoms with Crippen LogP contribution in [0.25, 0.3) is 0 Å². The summed E-state index contributed by atoms with van der Waals surface area (Å²) in [7, 11) is 1.71. The second-order valence-electron chi connectivity index (χ2n) is 7.93. The van der Waals surface area contributed by atoms with E-state index in [9.17, 15) is 0 Å². The lowest BCUT2D eigenvalue weighted by Crippen LogP contribution is -2.43. The van der Waals surface area contributed by atoms with Gasteiger partial charge < -0.3 is 19.7 Å². The monoisotopic (exact) mass is 368 g/mol. The molecule has 0 aliphatic carbocycles. The summed E-state index contributed by atoms with van der Waals surface area (Å²) >= 11 is 0. The van der Waals surface area contributed by atoms with Crippen molar-refractivity contribution in [3.05, 3.63) is 0 Å². The summed E-state index contributed by atoms with van der Waals surface area (Å²) in [5.74, 6) is 2.55. The van der Waals surface area contributed by atoms with Crippen LogP contribution in [0, 0.1) is 11.8 Å². The highest BCUT2D eigenvalue weighted by Gasteiger charge is 2.25. The molecule has 6 nitrogen and oxygen atoms in total.